The molecule has 0 amide bonds. The highest BCUT2D eigenvalue weighted by atomic mass is 16.4. The standard InChI is InChI=1S/C14H12N4O2/c1-9-12(8-14(19)20)18-13(16-9)3-2-11(17-18)10-4-6-15-7-5-10/h2-7H,8H2,1H3,(H,19,20). The van der Waals surface area contributed by atoms with Crippen LogP contribution in [0.25, 0.3) is 16.9 Å². The number of hydrogen-bond acceptors (Lipinski definition) is 4. The summed E-state index contributed by atoms with van der Waals surface area (Å²) in [5, 5.41) is 13.5. The second kappa shape index (κ2) is 4.73. The molecule has 0 atom stereocenters. The molecule has 0 fully saturated rings. The van der Waals surface area contributed by atoms with Crippen LogP contribution >= 0.6 is 0 Å². The minimum absolute atomic E-state index is 0.0974. The second-order valence-corrected chi connectivity index (χ2v) is 4.44. The SMILES string of the molecule is Cc1nc2ccc(-c3ccncc3)nn2c1CC(=O)O. The van der Waals surface area contributed by atoms with E-state index < -0.39 is 5.97 Å². The van der Waals surface area contributed by atoms with Crippen LogP contribution < -0.4 is 0 Å². The molecule has 6 heteroatoms. The van der Waals surface area contributed by atoms with E-state index in [1.807, 2.05) is 24.3 Å². The Hall–Kier alpha value is -2.76. The molecule has 1 N–H and O–H groups in total. The Morgan fingerprint density at radius 3 is 2.70 bits per heavy atom. The van der Waals surface area contributed by atoms with Crippen molar-refractivity contribution in [3.63, 3.8) is 0 Å². The lowest BCUT2D eigenvalue weighted by atomic mass is 10.2. The third-order valence-corrected chi connectivity index (χ3v) is 3.07. The van der Waals surface area contributed by atoms with Crippen LogP contribution in [0.5, 0.6) is 0 Å². The van der Waals surface area contributed by atoms with Gasteiger partial charge in [-0.1, -0.05) is 0 Å². The Morgan fingerprint density at radius 2 is 2.00 bits per heavy atom. The van der Waals surface area contributed by atoms with Crippen molar-refractivity contribution >= 4 is 11.6 Å². The van der Waals surface area contributed by atoms with Gasteiger partial charge in [-0.15, -0.1) is 0 Å². The van der Waals surface area contributed by atoms with E-state index in [1.54, 1.807) is 23.8 Å². The molecule has 0 saturated heterocycles. The van der Waals surface area contributed by atoms with E-state index in [1.165, 1.54) is 0 Å². The summed E-state index contributed by atoms with van der Waals surface area (Å²) in [7, 11) is 0. The van der Waals surface area contributed by atoms with Gasteiger partial charge < -0.3 is 5.11 Å². The number of aryl methyl sites for hydroxylation is 1. The number of fused-ring (bicyclic) bond motifs is 1. The van der Waals surface area contributed by atoms with Gasteiger partial charge in [-0.05, 0) is 31.2 Å². The molecule has 0 saturated carbocycles. The Bertz CT molecular complexity index is 780. The molecule has 3 aromatic rings. The van der Waals surface area contributed by atoms with Crippen LogP contribution in [-0.4, -0.2) is 30.7 Å². The van der Waals surface area contributed by atoms with Crippen molar-refractivity contribution in [3.8, 4) is 11.3 Å². The van der Waals surface area contributed by atoms with E-state index >= 15 is 0 Å². The van der Waals surface area contributed by atoms with Crippen LogP contribution in [0.3, 0.4) is 0 Å². The molecule has 3 aromatic heterocycles. The highest BCUT2D eigenvalue weighted by Gasteiger charge is 2.13. The van der Waals surface area contributed by atoms with Gasteiger partial charge in [0.05, 0.1) is 23.5 Å². The second-order valence-electron chi connectivity index (χ2n) is 4.44. The Kier molecular flexibility index (Phi) is 2.90. The van der Waals surface area contributed by atoms with E-state index in [4.69, 9.17) is 5.11 Å². The van der Waals surface area contributed by atoms with E-state index in [9.17, 15) is 4.79 Å². The summed E-state index contributed by atoms with van der Waals surface area (Å²) < 4.78 is 1.60. The van der Waals surface area contributed by atoms with Gasteiger partial charge in [-0.2, -0.15) is 5.10 Å². The summed E-state index contributed by atoms with van der Waals surface area (Å²) in [6, 6.07) is 7.41. The minimum Gasteiger partial charge on any atom is -0.481 e. The monoisotopic (exact) mass is 268 g/mol. The van der Waals surface area contributed by atoms with Crippen molar-refractivity contribution in [3.05, 3.63) is 48.0 Å². The van der Waals surface area contributed by atoms with E-state index in [2.05, 4.69) is 15.1 Å². The third-order valence-electron chi connectivity index (χ3n) is 3.07. The summed E-state index contributed by atoms with van der Waals surface area (Å²) >= 11 is 0. The highest BCUT2D eigenvalue weighted by molar-refractivity contribution is 5.70. The quantitative estimate of drug-likeness (QED) is 0.782. The third kappa shape index (κ3) is 2.11. The fourth-order valence-corrected chi connectivity index (χ4v) is 2.11. The number of aliphatic carboxylic acids is 1. The van der Waals surface area contributed by atoms with Gasteiger partial charge in [0.25, 0.3) is 0 Å². The zero-order chi connectivity index (χ0) is 14.1. The van der Waals surface area contributed by atoms with Crippen LogP contribution in [-0.2, 0) is 11.2 Å². The largest absolute Gasteiger partial charge is 0.481 e. The zero-order valence-corrected chi connectivity index (χ0v) is 10.8. The number of imidazole rings is 1. The fraction of sp³-hybridized carbons (Fsp3) is 0.143. The molecule has 0 bridgehead atoms. The highest BCUT2D eigenvalue weighted by Crippen LogP contribution is 2.18. The van der Waals surface area contributed by atoms with Crippen molar-refractivity contribution in [2.45, 2.75) is 13.3 Å². The fourth-order valence-electron chi connectivity index (χ4n) is 2.11. The van der Waals surface area contributed by atoms with Crippen LogP contribution in [0.4, 0.5) is 0 Å². The molecule has 3 heterocycles. The maximum absolute atomic E-state index is 10.9. The van der Waals surface area contributed by atoms with Gasteiger partial charge in [0.2, 0.25) is 0 Å². The average molecular weight is 268 g/mol. The first-order valence-electron chi connectivity index (χ1n) is 6.12. The summed E-state index contributed by atoms with van der Waals surface area (Å²) in [6.45, 7) is 1.79. The van der Waals surface area contributed by atoms with Gasteiger partial charge in [0, 0.05) is 18.0 Å². The van der Waals surface area contributed by atoms with Crippen LogP contribution in [0.2, 0.25) is 0 Å². The Labute approximate surface area is 114 Å². The van der Waals surface area contributed by atoms with Crippen LogP contribution in [0, 0.1) is 6.92 Å². The predicted octanol–water partition coefficient (Wildman–Crippen LogP) is 1.73. The maximum Gasteiger partial charge on any atom is 0.309 e. The molecular weight excluding hydrogens is 256 g/mol. The zero-order valence-electron chi connectivity index (χ0n) is 10.8. The molecule has 0 aliphatic carbocycles. The minimum atomic E-state index is -0.897. The van der Waals surface area contributed by atoms with Crippen molar-refractivity contribution in [1.82, 2.24) is 19.6 Å². The number of carbonyl (C=O) groups is 1. The summed E-state index contributed by atoms with van der Waals surface area (Å²) in [5.41, 5.74) is 3.62. The molecule has 0 aliphatic heterocycles. The molecule has 0 aromatic carbocycles. The molecule has 0 unspecified atom stereocenters. The molecule has 0 radical (unpaired) electrons. The van der Waals surface area contributed by atoms with Gasteiger partial charge in [0.1, 0.15) is 0 Å². The molecular formula is C14H12N4O2. The van der Waals surface area contributed by atoms with Gasteiger partial charge >= 0.3 is 5.97 Å². The molecule has 6 nitrogen and oxygen atoms in total. The number of pyridine rings is 1. The van der Waals surface area contributed by atoms with Crippen molar-refractivity contribution in [1.29, 1.82) is 0 Å². The first-order valence-corrected chi connectivity index (χ1v) is 6.12. The number of rotatable bonds is 3. The first kappa shape index (κ1) is 12.3. The van der Waals surface area contributed by atoms with Crippen molar-refractivity contribution in [2.75, 3.05) is 0 Å². The number of carboxylic acids is 1. The normalized spacial score (nSPS) is 10.8. The Morgan fingerprint density at radius 1 is 1.25 bits per heavy atom. The number of aromatic nitrogens is 4. The molecule has 0 aliphatic rings. The van der Waals surface area contributed by atoms with Gasteiger partial charge in [-0.3, -0.25) is 9.78 Å². The first-order chi connectivity index (χ1) is 9.65. The molecule has 3 rings (SSSR count). The number of carboxylic acid groups (broad SMARTS) is 1. The number of nitrogens with zero attached hydrogens (tertiary/aromatic N) is 4. The maximum atomic E-state index is 10.9. The Balaban J connectivity index is 2.17. The number of hydrogen-bond donors (Lipinski definition) is 1. The summed E-state index contributed by atoms with van der Waals surface area (Å²) in [5.74, 6) is -0.897. The van der Waals surface area contributed by atoms with Crippen LogP contribution in [0.1, 0.15) is 11.4 Å². The lowest BCUT2D eigenvalue weighted by Gasteiger charge is -2.03. The molecule has 100 valence electrons. The van der Waals surface area contributed by atoms with Crippen molar-refractivity contribution in [2.24, 2.45) is 0 Å². The lowest BCUT2D eigenvalue weighted by Crippen LogP contribution is -2.07. The molecule has 20 heavy (non-hydrogen) atoms. The molecule has 0 spiro atoms. The van der Waals surface area contributed by atoms with E-state index in [0.29, 0.717) is 17.0 Å². The van der Waals surface area contributed by atoms with Crippen molar-refractivity contribution < 1.29 is 9.90 Å². The smallest absolute Gasteiger partial charge is 0.309 e. The van der Waals surface area contributed by atoms with Gasteiger partial charge in [0.15, 0.2) is 5.65 Å². The summed E-state index contributed by atoms with van der Waals surface area (Å²) in [6.07, 6.45) is 3.29. The van der Waals surface area contributed by atoms with E-state index in [-0.39, 0.29) is 6.42 Å². The van der Waals surface area contributed by atoms with Gasteiger partial charge in [-0.25, -0.2) is 9.50 Å². The topological polar surface area (TPSA) is 80.4 Å². The average Bonchev–Trinajstić information content (AvgIpc) is 2.75. The van der Waals surface area contributed by atoms with Crippen LogP contribution in [0.15, 0.2) is 36.7 Å². The lowest BCUT2D eigenvalue weighted by molar-refractivity contribution is -0.136. The summed E-state index contributed by atoms with van der Waals surface area (Å²) in [4.78, 5) is 19.2. The van der Waals surface area contributed by atoms with E-state index in [0.717, 1.165) is 11.3 Å². The predicted molar refractivity (Wildman–Crippen MR) is 72.3 cm³/mol.